The summed E-state index contributed by atoms with van der Waals surface area (Å²) in [6.07, 6.45) is 0. The maximum absolute atomic E-state index is 13.5. The minimum Gasteiger partial charge on any atom is -0.381 e. The molecule has 0 fully saturated rings. The number of rotatable bonds is 3. The second-order valence-corrected chi connectivity index (χ2v) is 5.45. The van der Waals surface area contributed by atoms with Crippen LogP contribution in [0.5, 0.6) is 0 Å². The second kappa shape index (κ2) is 5.91. The molecule has 0 saturated heterocycles. The van der Waals surface area contributed by atoms with Crippen LogP contribution in [0, 0.1) is 5.82 Å². The third kappa shape index (κ3) is 3.37. The second-order valence-electron chi connectivity index (χ2n) is 3.72. The molecule has 1 nitrogen and oxygen atoms in total. The zero-order chi connectivity index (χ0) is 13.1. The summed E-state index contributed by atoms with van der Waals surface area (Å²) >= 11 is 15.0. The molecule has 0 bridgehead atoms. The van der Waals surface area contributed by atoms with Crippen molar-refractivity contribution in [2.45, 2.75) is 6.54 Å². The van der Waals surface area contributed by atoms with Crippen LogP contribution >= 0.6 is 39.1 Å². The first-order valence-corrected chi connectivity index (χ1v) is 6.74. The van der Waals surface area contributed by atoms with Gasteiger partial charge in [-0.15, -0.1) is 0 Å². The fourth-order valence-corrected chi connectivity index (χ4v) is 2.19. The molecule has 2 aromatic rings. The molecular formula is C13H9BrCl2FN. The third-order valence-corrected chi connectivity index (χ3v) is 3.64. The van der Waals surface area contributed by atoms with Crippen LogP contribution in [0.15, 0.2) is 40.9 Å². The maximum atomic E-state index is 13.5. The van der Waals surface area contributed by atoms with Gasteiger partial charge in [-0.25, -0.2) is 4.39 Å². The lowest BCUT2D eigenvalue weighted by Crippen LogP contribution is -2.01. The van der Waals surface area contributed by atoms with Crippen LogP contribution in [-0.2, 0) is 6.54 Å². The monoisotopic (exact) mass is 347 g/mol. The number of benzene rings is 2. The fourth-order valence-electron chi connectivity index (χ4n) is 1.48. The molecule has 0 aliphatic carbocycles. The van der Waals surface area contributed by atoms with Crippen LogP contribution < -0.4 is 5.32 Å². The Morgan fingerprint density at radius 2 is 1.83 bits per heavy atom. The normalized spacial score (nSPS) is 10.4. The molecule has 0 atom stereocenters. The molecule has 0 heterocycles. The Morgan fingerprint density at radius 3 is 2.56 bits per heavy atom. The number of anilines is 1. The number of halogens is 4. The van der Waals surface area contributed by atoms with E-state index in [1.807, 2.05) is 0 Å². The third-order valence-electron chi connectivity index (χ3n) is 2.41. The molecule has 0 spiro atoms. The topological polar surface area (TPSA) is 12.0 Å². The van der Waals surface area contributed by atoms with Crippen molar-refractivity contribution < 1.29 is 4.39 Å². The summed E-state index contributed by atoms with van der Waals surface area (Å²) < 4.78 is 14.4. The molecule has 0 radical (unpaired) electrons. The van der Waals surface area contributed by atoms with Gasteiger partial charge in [-0.1, -0.05) is 39.1 Å². The number of hydrogen-bond acceptors (Lipinski definition) is 1. The van der Waals surface area contributed by atoms with Crippen molar-refractivity contribution in [2.24, 2.45) is 0 Å². The van der Waals surface area contributed by atoms with E-state index in [1.165, 1.54) is 6.07 Å². The molecule has 94 valence electrons. The lowest BCUT2D eigenvalue weighted by Gasteiger charge is -2.08. The van der Waals surface area contributed by atoms with Crippen LogP contribution in [0.1, 0.15) is 5.56 Å². The van der Waals surface area contributed by atoms with E-state index < -0.39 is 0 Å². The van der Waals surface area contributed by atoms with Gasteiger partial charge in [0.25, 0.3) is 0 Å². The van der Waals surface area contributed by atoms with Crippen LogP contribution in [0.2, 0.25) is 10.0 Å². The number of hydrogen-bond donors (Lipinski definition) is 1. The van der Waals surface area contributed by atoms with Gasteiger partial charge in [0.1, 0.15) is 5.82 Å². The zero-order valence-electron chi connectivity index (χ0n) is 9.18. The summed E-state index contributed by atoms with van der Waals surface area (Å²) in [5.74, 6) is -0.245. The molecule has 2 aromatic carbocycles. The molecule has 1 N–H and O–H groups in total. The van der Waals surface area contributed by atoms with Crippen LogP contribution in [0.3, 0.4) is 0 Å². The van der Waals surface area contributed by atoms with Crippen molar-refractivity contribution in [3.05, 3.63) is 62.3 Å². The lowest BCUT2D eigenvalue weighted by molar-refractivity contribution is 0.612. The van der Waals surface area contributed by atoms with E-state index in [1.54, 1.807) is 30.3 Å². The predicted octanol–water partition coefficient (Wildman–Crippen LogP) is 5.51. The molecule has 18 heavy (non-hydrogen) atoms. The molecule has 0 amide bonds. The van der Waals surface area contributed by atoms with Crippen LogP contribution in [0.25, 0.3) is 0 Å². The summed E-state index contributed by atoms with van der Waals surface area (Å²) in [6.45, 7) is 0.378. The first kappa shape index (κ1) is 13.7. The van der Waals surface area contributed by atoms with Gasteiger partial charge in [-0.05, 0) is 36.4 Å². The highest BCUT2D eigenvalue weighted by molar-refractivity contribution is 9.10. The first-order valence-electron chi connectivity index (χ1n) is 5.19. The van der Waals surface area contributed by atoms with Crippen molar-refractivity contribution in [3.63, 3.8) is 0 Å². The standard InChI is InChI=1S/C13H9BrCl2FN/c14-9-1-4-13(17)8(5-9)7-18-10-2-3-11(15)12(16)6-10/h1-6,18H,7H2. The predicted molar refractivity (Wildman–Crippen MR) is 77.9 cm³/mol. The van der Waals surface area contributed by atoms with Crippen molar-refractivity contribution in [1.29, 1.82) is 0 Å². The Balaban J connectivity index is 2.11. The van der Waals surface area contributed by atoms with Gasteiger partial charge in [0.15, 0.2) is 0 Å². The molecule has 2 rings (SSSR count). The summed E-state index contributed by atoms with van der Waals surface area (Å²) in [5.41, 5.74) is 1.37. The minimum atomic E-state index is -0.245. The summed E-state index contributed by atoms with van der Waals surface area (Å²) in [7, 11) is 0. The van der Waals surface area contributed by atoms with Gasteiger partial charge in [-0.2, -0.15) is 0 Å². The summed E-state index contributed by atoms with van der Waals surface area (Å²) in [4.78, 5) is 0. The SMILES string of the molecule is Fc1ccc(Br)cc1CNc1ccc(Cl)c(Cl)c1. The van der Waals surface area contributed by atoms with Crippen molar-refractivity contribution in [2.75, 3.05) is 5.32 Å². The molecular weight excluding hydrogens is 340 g/mol. The van der Waals surface area contributed by atoms with E-state index in [-0.39, 0.29) is 5.82 Å². The van der Waals surface area contributed by atoms with Gasteiger partial charge in [-0.3, -0.25) is 0 Å². The molecule has 0 saturated carbocycles. The maximum Gasteiger partial charge on any atom is 0.128 e. The van der Waals surface area contributed by atoms with Crippen molar-refractivity contribution >= 4 is 44.8 Å². The average molecular weight is 349 g/mol. The van der Waals surface area contributed by atoms with E-state index in [4.69, 9.17) is 23.2 Å². The van der Waals surface area contributed by atoms with E-state index >= 15 is 0 Å². The van der Waals surface area contributed by atoms with Gasteiger partial charge < -0.3 is 5.32 Å². The van der Waals surface area contributed by atoms with E-state index in [2.05, 4.69) is 21.2 Å². The Morgan fingerprint density at radius 1 is 1.06 bits per heavy atom. The highest BCUT2D eigenvalue weighted by atomic mass is 79.9. The molecule has 5 heteroatoms. The molecule has 0 aromatic heterocycles. The van der Waals surface area contributed by atoms with Crippen molar-refractivity contribution in [1.82, 2.24) is 0 Å². The highest BCUT2D eigenvalue weighted by Crippen LogP contribution is 2.25. The van der Waals surface area contributed by atoms with E-state index in [0.29, 0.717) is 22.2 Å². The fraction of sp³-hybridized carbons (Fsp3) is 0.0769. The van der Waals surface area contributed by atoms with Crippen LogP contribution in [0.4, 0.5) is 10.1 Å². The van der Waals surface area contributed by atoms with Gasteiger partial charge in [0.05, 0.1) is 10.0 Å². The van der Waals surface area contributed by atoms with Gasteiger partial charge in [0.2, 0.25) is 0 Å². The first-order chi connectivity index (χ1) is 8.56. The largest absolute Gasteiger partial charge is 0.381 e. The quantitative estimate of drug-likeness (QED) is 0.771. The zero-order valence-corrected chi connectivity index (χ0v) is 12.3. The van der Waals surface area contributed by atoms with Crippen LogP contribution in [-0.4, -0.2) is 0 Å². The summed E-state index contributed by atoms with van der Waals surface area (Å²) in [5, 5.41) is 4.06. The Hall–Kier alpha value is -0.770. The molecule has 0 aliphatic heterocycles. The lowest BCUT2D eigenvalue weighted by atomic mass is 10.2. The molecule has 0 unspecified atom stereocenters. The minimum absolute atomic E-state index is 0.245. The van der Waals surface area contributed by atoms with Gasteiger partial charge in [0, 0.05) is 22.3 Å². The van der Waals surface area contributed by atoms with E-state index in [0.717, 1.165) is 10.2 Å². The van der Waals surface area contributed by atoms with E-state index in [9.17, 15) is 4.39 Å². The number of nitrogens with one attached hydrogen (secondary N) is 1. The smallest absolute Gasteiger partial charge is 0.128 e. The Labute approximate surface area is 123 Å². The Kier molecular flexibility index (Phi) is 4.49. The summed E-state index contributed by atoms with van der Waals surface area (Å²) in [6, 6.07) is 10.0. The van der Waals surface area contributed by atoms with Crippen molar-refractivity contribution in [3.8, 4) is 0 Å². The van der Waals surface area contributed by atoms with Gasteiger partial charge >= 0.3 is 0 Å². The highest BCUT2D eigenvalue weighted by Gasteiger charge is 2.04. The Bertz CT molecular complexity index is 575. The average Bonchev–Trinajstić information content (AvgIpc) is 2.34. The molecule has 0 aliphatic rings.